The molecule has 0 radical (unpaired) electrons. The van der Waals surface area contributed by atoms with Gasteiger partial charge in [-0.05, 0) is 6.92 Å². The molecule has 2 nitrogen and oxygen atoms in total. The van der Waals surface area contributed by atoms with Gasteiger partial charge >= 0.3 is 5.97 Å². The highest BCUT2D eigenvalue weighted by Crippen LogP contribution is 2.15. The standard InChI is InChI=1S/C11H22.C5H8O2/c1-2-4-6-8-10-11-9-7-5-3-1;1-4(2)5(6)7-3/h1-11H2;1H2,2-3H3. The van der Waals surface area contributed by atoms with Crippen LogP contribution in [-0.2, 0) is 9.53 Å². The van der Waals surface area contributed by atoms with Crippen molar-refractivity contribution in [3.63, 3.8) is 0 Å². The minimum atomic E-state index is -0.347. The van der Waals surface area contributed by atoms with Crippen molar-refractivity contribution in [2.75, 3.05) is 7.11 Å². The molecule has 0 unspecified atom stereocenters. The van der Waals surface area contributed by atoms with Crippen LogP contribution in [0.3, 0.4) is 0 Å². The fraction of sp³-hybridized carbons (Fsp3) is 0.812. The zero-order valence-electron chi connectivity index (χ0n) is 12.3. The quantitative estimate of drug-likeness (QED) is 0.485. The molecule has 1 aliphatic rings. The maximum Gasteiger partial charge on any atom is 0.332 e. The molecule has 1 rings (SSSR count). The number of carbonyl (C=O) groups is 1. The third-order valence-electron chi connectivity index (χ3n) is 3.28. The van der Waals surface area contributed by atoms with Crippen LogP contribution in [0.25, 0.3) is 0 Å². The number of hydrogen-bond acceptors (Lipinski definition) is 2. The molecule has 0 heterocycles. The summed E-state index contributed by atoms with van der Waals surface area (Å²) in [7, 11) is 1.33. The first kappa shape index (κ1) is 17.2. The summed E-state index contributed by atoms with van der Waals surface area (Å²) in [5.41, 5.74) is 0.433. The third-order valence-corrected chi connectivity index (χ3v) is 3.28. The zero-order chi connectivity index (χ0) is 13.6. The smallest absolute Gasteiger partial charge is 0.332 e. The van der Waals surface area contributed by atoms with Gasteiger partial charge in [0, 0.05) is 5.57 Å². The van der Waals surface area contributed by atoms with E-state index in [1.54, 1.807) is 6.92 Å². The minimum Gasteiger partial charge on any atom is -0.466 e. The number of rotatable bonds is 1. The summed E-state index contributed by atoms with van der Waals surface area (Å²) in [6.07, 6.45) is 16.5. The molecule has 0 aromatic rings. The predicted molar refractivity (Wildman–Crippen MR) is 77.6 cm³/mol. The maximum atomic E-state index is 10.2. The predicted octanol–water partition coefficient (Wildman–Crippen LogP) is 5.03. The summed E-state index contributed by atoms with van der Waals surface area (Å²) in [6, 6.07) is 0. The third kappa shape index (κ3) is 11.7. The average Bonchev–Trinajstić information content (AvgIpc) is 2.44. The molecule has 0 aromatic carbocycles. The summed E-state index contributed by atoms with van der Waals surface area (Å²) in [6.45, 7) is 4.95. The molecule has 1 aliphatic carbocycles. The zero-order valence-corrected chi connectivity index (χ0v) is 12.3. The second kappa shape index (κ2) is 12.7. The van der Waals surface area contributed by atoms with Gasteiger partial charge in [-0.1, -0.05) is 77.2 Å². The van der Waals surface area contributed by atoms with Crippen LogP contribution in [0.5, 0.6) is 0 Å². The van der Waals surface area contributed by atoms with Crippen LogP contribution < -0.4 is 0 Å². The molecule has 2 heteroatoms. The van der Waals surface area contributed by atoms with Gasteiger partial charge < -0.3 is 4.74 Å². The van der Waals surface area contributed by atoms with Gasteiger partial charge in [-0.15, -0.1) is 0 Å². The Labute approximate surface area is 113 Å². The van der Waals surface area contributed by atoms with E-state index in [2.05, 4.69) is 11.3 Å². The minimum absolute atomic E-state index is 0.347. The Balaban J connectivity index is 0.000000360. The average molecular weight is 254 g/mol. The Morgan fingerprint density at radius 1 is 0.778 bits per heavy atom. The van der Waals surface area contributed by atoms with Gasteiger partial charge in [0.1, 0.15) is 0 Å². The summed E-state index contributed by atoms with van der Waals surface area (Å²) in [4.78, 5) is 10.2. The second-order valence-corrected chi connectivity index (χ2v) is 5.16. The normalized spacial score (nSPS) is 17.7. The van der Waals surface area contributed by atoms with Crippen molar-refractivity contribution < 1.29 is 9.53 Å². The highest BCUT2D eigenvalue weighted by atomic mass is 16.5. The largest absolute Gasteiger partial charge is 0.466 e. The fourth-order valence-electron chi connectivity index (χ4n) is 2.12. The highest BCUT2D eigenvalue weighted by molar-refractivity contribution is 5.86. The van der Waals surface area contributed by atoms with Crippen molar-refractivity contribution in [2.45, 2.75) is 77.6 Å². The molecule has 0 spiro atoms. The van der Waals surface area contributed by atoms with E-state index in [4.69, 9.17) is 0 Å². The van der Waals surface area contributed by atoms with E-state index in [0.717, 1.165) is 0 Å². The molecule has 106 valence electrons. The topological polar surface area (TPSA) is 26.3 Å². The molecule has 0 aromatic heterocycles. The Hall–Kier alpha value is -0.790. The van der Waals surface area contributed by atoms with Crippen LogP contribution >= 0.6 is 0 Å². The van der Waals surface area contributed by atoms with E-state index >= 15 is 0 Å². The van der Waals surface area contributed by atoms with Gasteiger partial charge in [-0.2, -0.15) is 0 Å². The Morgan fingerprint density at radius 3 is 1.06 bits per heavy atom. The van der Waals surface area contributed by atoms with Crippen molar-refractivity contribution in [3.8, 4) is 0 Å². The van der Waals surface area contributed by atoms with E-state index in [-0.39, 0.29) is 5.97 Å². The van der Waals surface area contributed by atoms with Crippen molar-refractivity contribution in [1.29, 1.82) is 0 Å². The summed E-state index contributed by atoms with van der Waals surface area (Å²) in [5, 5.41) is 0. The van der Waals surface area contributed by atoms with E-state index in [9.17, 15) is 4.79 Å². The van der Waals surface area contributed by atoms with Gasteiger partial charge in [-0.3, -0.25) is 0 Å². The molecule has 1 fully saturated rings. The number of ether oxygens (including phenoxy) is 1. The molecular weight excluding hydrogens is 224 g/mol. The SMILES string of the molecule is C1CCCCCCCCCC1.C=C(C)C(=O)OC. The van der Waals surface area contributed by atoms with E-state index in [1.165, 1.54) is 77.7 Å². The summed E-state index contributed by atoms with van der Waals surface area (Å²) < 4.78 is 4.27. The van der Waals surface area contributed by atoms with Crippen molar-refractivity contribution in [1.82, 2.24) is 0 Å². The summed E-state index contributed by atoms with van der Waals surface area (Å²) >= 11 is 0. The molecule has 0 aliphatic heterocycles. The van der Waals surface area contributed by atoms with Crippen molar-refractivity contribution >= 4 is 5.97 Å². The number of methoxy groups -OCH3 is 1. The lowest BCUT2D eigenvalue weighted by Gasteiger charge is -1.97. The van der Waals surface area contributed by atoms with Gasteiger partial charge in [0.05, 0.1) is 7.11 Å². The maximum absolute atomic E-state index is 10.2. The molecule has 0 atom stereocenters. The number of esters is 1. The Morgan fingerprint density at radius 2 is 1.00 bits per heavy atom. The van der Waals surface area contributed by atoms with Crippen LogP contribution in [0.15, 0.2) is 12.2 Å². The van der Waals surface area contributed by atoms with E-state index in [1.807, 2.05) is 0 Å². The first-order chi connectivity index (χ1) is 8.68. The number of hydrogen-bond donors (Lipinski definition) is 0. The summed E-state index contributed by atoms with van der Waals surface area (Å²) in [5.74, 6) is -0.347. The Bertz CT molecular complexity index is 183. The van der Waals surface area contributed by atoms with Gasteiger partial charge in [-0.25, -0.2) is 4.79 Å². The van der Waals surface area contributed by atoms with E-state index in [0.29, 0.717) is 5.57 Å². The van der Waals surface area contributed by atoms with Crippen LogP contribution in [-0.4, -0.2) is 13.1 Å². The monoisotopic (exact) mass is 254 g/mol. The first-order valence-corrected chi connectivity index (χ1v) is 7.42. The lowest BCUT2D eigenvalue weighted by molar-refractivity contribution is -0.136. The van der Waals surface area contributed by atoms with Crippen LogP contribution in [0.2, 0.25) is 0 Å². The van der Waals surface area contributed by atoms with Gasteiger partial charge in [0.2, 0.25) is 0 Å². The fourth-order valence-corrected chi connectivity index (χ4v) is 2.12. The number of carbonyl (C=O) groups excluding carboxylic acids is 1. The first-order valence-electron chi connectivity index (χ1n) is 7.42. The van der Waals surface area contributed by atoms with Crippen LogP contribution in [0.1, 0.15) is 77.6 Å². The second-order valence-electron chi connectivity index (χ2n) is 5.16. The van der Waals surface area contributed by atoms with Gasteiger partial charge in [0.25, 0.3) is 0 Å². The molecule has 0 saturated heterocycles. The highest BCUT2D eigenvalue weighted by Gasteiger charge is 1.96. The molecule has 18 heavy (non-hydrogen) atoms. The van der Waals surface area contributed by atoms with Crippen LogP contribution in [0.4, 0.5) is 0 Å². The molecule has 0 N–H and O–H groups in total. The molecule has 1 saturated carbocycles. The van der Waals surface area contributed by atoms with Crippen molar-refractivity contribution in [2.24, 2.45) is 0 Å². The van der Waals surface area contributed by atoms with Crippen molar-refractivity contribution in [3.05, 3.63) is 12.2 Å². The van der Waals surface area contributed by atoms with Crippen LogP contribution in [0, 0.1) is 0 Å². The lowest BCUT2D eigenvalue weighted by Crippen LogP contribution is -1.98. The van der Waals surface area contributed by atoms with Gasteiger partial charge in [0.15, 0.2) is 0 Å². The Kier molecular flexibility index (Phi) is 12.1. The molecular formula is C16H30O2. The lowest BCUT2D eigenvalue weighted by atomic mass is 10.1. The van der Waals surface area contributed by atoms with E-state index < -0.39 is 0 Å². The molecule has 0 amide bonds. The molecule has 0 bridgehead atoms.